The number of carboxylic acids is 1. The lowest BCUT2D eigenvalue weighted by molar-refractivity contribution is -0.143. The van der Waals surface area contributed by atoms with Crippen LogP contribution >= 0.6 is 0 Å². The van der Waals surface area contributed by atoms with Crippen molar-refractivity contribution in [3.05, 3.63) is 29.8 Å². The van der Waals surface area contributed by atoms with E-state index in [1.54, 1.807) is 0 Å². The third kappa shape index (κ3) is 6.06. The fourth-order valence-electron chi connectivity index (χ4n) is 2.64. The average molecular weight is 398 g/mol. The fraction of sp³-hybridized carbons (Fsp3) is 0.500. The maximum absolute atomic E-state index is 12.9. The molecule has 1 rings (SSSR count). The molecular weight excluding hydrogens is 372 g/mol. The normalized spacial score (nSPS) is 14.9. The Morgan fingerprint density at radius 2 is 1.67 bits per heavy atom. The van der Waals surface area contributed by atoms with Gasteiger partial charge in [0.15, 0.2) is 9.84 Å². The number of sulfone groups is 1. The summed E-state index contributed by atoms with van der Waals surface area (Å²) in [6.45, 7) is 6.34. The van der Waals surface area contributed by atoms with Gasteiger partial charge >= 0.3 is 5.97 Å². The first-order chi connectivity index (χ1) is 12.3. The summed E-state index contributed by atoms with van der Waals surface area (Å²) in [5.74, 6) is -2.32. The minimum atomic E-state index is -3.42. The monoisotopic (exact) mass is 398 g/mol. The molecule has 0 bridgehead atoms. The maximum Gasteiger partial charge on any atom is 0.326 e. The second-order valence-corrected chi connectivity index (χ2v) is 9.11. The Kier molecular flexibility index (Phi) is 7.13. The first-order valence-electron chi connectivity index (χ1n) is 8.40. The van der Waals surface area contributed by atoms with Crippen LogP contribution in [0.4, 0.5) is 0 Å². The van der Waals surface area contributed by atoms with E-state index in [1.165, 1.54) is 38.1 Å². The molecule has 1 aromatic carbocycles. The van der Waals surface area contributed by atoms with Crippen molar-refractivity contribution in [2.75, 3.05) is 6.26 Å². The van der Waals surface area contributed by atoms with E-state index in [9.17, 15) is 27.9 Å². The highest BCUT2D eigenvalue weighted by molar-refractivity contribution is 7.90. The minimum Gasteiger partial charge on any atom is -0.480 e. The van der Waals surface area contributed by atoms with Crippen LogP contribution in [-0.4, -0.2) is 43.6 Å². The van der Waals surface area contributed by atoms with Crippen molar-refractivity contribution in [1.82, 2.24) is 10.6 Å². The molecule has 9 heteroatoms. The summed E-state index contributed by atoms with van der Waals surface area (Å²) < 4.78 is 23.2. The third-order valence-corrected chi connectivity index (χ3v) is 5.18. The molecule has 0 aliphatic carbocycles. The smallest absolute Gasteiger partial charge is 0.326 e. The number of amides is 2. The molecule has 2 amide bonds. The van der Waals surface area contributed by atoms with Crippen molar-refractivity contribution in [2.45, 2.75) is 50.6 Å². The standard InChI is InChI=1S/C18H26N2O6S/c1-11(2)10-15(16(22)23)19-17(24)18(4,20-12(3)21)13-6-8-14(9-7-13)27(5,25)26/h6-9,11,15H,10H2,1-5H3,(H,19,24)(H,20,21)(H,22,23)/t15-,18?/m1/s1. The second-order valence-electron chi connectivity index (χ2n) is 7.10. The molecule has 27 heavy (non-hydrogen) atoms. The number of carbonyl (C=O) groups is 3. The molecule has 0 heterocycles. The molecule has 0 spiro atoms. The van der Waals surface area contributed by atoms with E-state index in [4.69, 9.17) is 0 Å². The van der Waals surface area contributed by atoms with Gasteiger partial charge in [0, 0.05) is 13.2 Å². The number of nitrogens with one attached hydrogen (secondary N) is 2. The minimum absolute atomic E-state index is 0.0347. The summed E-state index contributed by atoms with van der Waals surface area (Å²) in [6, 6.07) is 4.40. The van der Waals surface area contributed by atoms with Gasteiger partial charge in [0.2, 0.25) is 5.91 Å². The highest BCUT2D eigenvalue weighted by Crippen LogP contribution is 2.24. The van der Waals surface area contributed by atoms with E-state index >= 15 is 0 Å². The molecule has 0 radical (unpaired) electrons. The number of rotatable bonds is 8. The van der Waals surface area contributed by atoms with Crippen LogP contribution in [-0.2, 0) is 29.8 Å². The molecule has 0 fully saturated rings. The van der Waals surface area contributed by atoms with E-state index in [2.05, 4.69) is 10.6 Å². The molecule has 1 aromatic rings. The Morgan fingerprint density at radius 1 is 1.15 bits per heavy atom. The number of hydrogen-bond donors (Lipinski definition) is 3. The summed E-state index contributed by atoms with van der Waals surface area (Å²) in [5.41, 5.74) is -1.23. The van der Waals surface area contributed by atoms with Gasteiger partial charge in [-0.1, -0.05) is 26.0 Å². The van der Waals surface area contributed by atoms with Gasteiger partial charge in [0.1, 0.15) is 11.6 Å². The van der Waals surface area contributed by atoms with Crippen molar-refractivity contribution in [3.63, 3.8) is 0 Å². The van der Waals surface area contributed by atoms with E-state index in [0.29, 0.717) is 5.56 Å². The molecule has 0 saturated carbocycles. The number of carboxylic acid groups (broad SMARTS) is 1. The maximum atomic E-state index is 12.9. The van der Waals surface area contributed by atoms with Crippen molar-refractivity contribution in [3.8, 4) is 0 Å². The molecule has 8 nitrogen and oxygen atoms in total. The van der Waals surface area contributed by atoms with Gasteiger partial charge in [-0.05, 0) is 37.0 Å². The van der Waals surface area contributed by atoms with Gasteiger partial charge in [-0.25, -0.2) is 13.2 Å². The molecule has 0 aliphatic heterocycles. The molecule has 1 unspecified atom stereocenters. The molecule has 0 saturated heterocycles. The summed E-state index contributed by atoms with van der Waals surface area (Å²) in [7, 11) is -3.42. The zero-order chi connectivity index (χ0) is 21.0. The summed E-state index contributed by atoms with van der Waals surface area (Å²) >= 11 is 0. The number of benzene rings is 1. The van der Waals surface area contributed by atoms with Crippen LogP contribution in [0, 0.1) is 5.92 Å². The number of aliphatic carboxylic acids is 1. The van der Waals surface area contributed by atoms with Gasteiger partial charge in [0.25, 0.3) is 5.91 Å². The average Bonchev–Trinajstić information content (AvgIpc) is 2.52. The van der Waals surface area contributed by atoms with Crippen LogP contribution in [0.5, 0.6) is 0 Å². The predicted molar refractivity (Wildman–Crippen MR) is 99.7 cm³/mol. The Morgan fingerprint density at radius 3 is 2.04 bits per heavy atom. The Balaban J connectivity index is 3.27. The van der Waals surface area contributed by atoms with Gasteiger partial charge < -0.3 is 15.7 Å². The molecule has 150 valence electrons. The fourth-order valence-corrected chi connectivity index (χ4v) is 3.27. The van der Waals surface area contributed by atoms with Crippen molar-refractivity contribution in [1.29, 1.82) is 0 Å². The molecule has 3 N–H and O–H groups in total. The highest BCUT2D eigenvalue weighted by atomic mass is 32.2. The quantitative estimate of drug-likeness (QED) is 0.600. The first-order valence-corrected chi connectivity index (χ1v) is 10.3. The lowest BCUT2D eigenvalue weighted by Crippen LogP contribution is -2.57. The Labute approximate surface area is 159 Å². The van der Waals surface area contributed by atoms with Crippen LogP contribution in [0.2, 0.25) is 0 Å². The van der Waals surface area contributed by atoms with Crippen molar-refractivity contribution < 1.29 is 27.9 Å². The van der Waals surface area contributed by atoms with Crippen LogP contribution in [0.25, 0.3) is 0 Å². The van der Waals surface area contributed by atoms with Crippen LogP contribution in [0.3, 0.4) is 0 Å². The van der Waals surface area contributed by atoms with Crippen LogP contribution in [0.15, 0.2) is 29.2 Å². The zero-order valence-electron chi connectivity index (χ0n) is 16.1. The van der Waals surface area contributed by atoms with E-state index in [-0.39, 0.29) is 17.2 Å². The zero-order valence-corrected chi connectivity index (χ0v) is 16.9. The molecular formula is C18H26N2O6S. The number of carbonyl (C=O) groups excluding carboxylic acids is 2. The van der Waals surface area contributed by atoms with E-state index < -0.39 is 39.2 Å². The Hall–Kier alpha value is -2.42. The topological polar surface area (TPSA) is 130 Å². The largest absolute Gasteiger partial charge is 0.480 e. The first kappa shape index (κ1) is 22.6. The summed E-state index contributed by atoms with van der Waals surface area (Å²) in [4.78, 5) is 36.0. The summed E-state index contributed by atoms with van der Waals surface area (Å²) in [6.07, 6.45) is 1.29. The van der Waals surface area contributed by atoms with Gasteiger partial charge in [0.05, 0.1) is 4.90 Å². The van der Waals surface area contributed by atoms with Gasteiger partial charge in [-0.3, -0.25) is 9.59 Å². The SMILES string of the molecule is CC(=O)NC(C)(C(=O)N[C@H](CC(C)C)C(=O)O)c1ccc(S(C)(=O)=O)cc1. The molecule has 2 atom stereocenters. The lowest BCUT2D eigenvalue weighted by Gasteiger charge is -2.31. The number of hydrogen-bond acceptors (Lipinski definition) is 5. The highest BCUT2D eigenvalue weighted by Gasteiger charge is 2.38. The van der Waals surface area contributed by atoms with Gasteiger partial charge in [-0.15, -0.1) is 0 Å². The van der Waals surface area contributed by atoms with Gasteiger partial charge in [-0.2, -0.15) is 0 Å². The predicted octanol–water partition coefficient (Wildman–Crippen LogP) is 1.06. The van der Waals surface area contributed by atoms with Crippen molar-refractivity contribution in [2.24, 2.45) is 5.92 Å². The van der Waals surface area contributed by atoms with Crippen LogP contribution in [0.1, 0.15) is 39.7 Å². The Bertz CT molecular complexity index is 817. The van der Waals surface area contributed by atoms with E-state index in [0.717, 1.165) is 6.26 Å². The summed E-state index contributed by atoms with van der Waals surface area (Å²) in [5, 5.41) is 14.3. The van der Waals surface area contributed by atoms with E-state index in [1.807, 2.05) is 13.8 Å². The van der Waals surface area contributed by atoms with Crippen molar-refractivity contribution >= 4 is 27.6 Å². The third-order valence-electron chi connectivity index (χ3n) is 4.05. The molecule has 0 aromatic heterocycles. The second kappa shape index (κ2) is 8.51. The van der Waals surface area contributed by atoms with Crippen LogP contribution < -0.4 is 10.6 Å². The molecule has 0 aliphatic rings. The lowest BCUT2D eigenvalue weighted by atomic mass is 9.90.